The Kier molecular flexibility index (Phi) is 6.29. The predicted octanol–water partition coefficient (Wildman–Crippen LogP) is 2.89. The van der Waals surface area contributed by atoms with Gasteiger partial charge < -0.3 is 24.5 Å². The summed E-state index contributed by atoms with van der Waals surface area (Å²) in [5.74, 6) is -2.18. The smallest absolute Gasteiger partial charge is 0.417 e. The summed E-state index contributed by atoms with van der Waals surface area (Å²) in [4.78, 5) is 32.4. The van der Waals surface area contributed by atoms with Crippen LogP contribution in [0.3, 0.4) is 0 Å². The van der Waals surface area contributed by atoms with Crippen molar-refractivity contribution in [3.05, 3.63) is 65.5 Å². The van der Waals surface area contributed by atoms with Gasteiger partial charge in [0.2, 0.25) is 0 Å². The second kappa shape index (κ2) is 9.28. The van der Waals surface area contributed by atoms with Gasteiger partial charge in [-0.05, 0) is 49.2 Å². The summed E-state index contributed by atoms with van der Waals surface area (Å²) in [7, 11) is 2.11. The first kappa shape index (κ1) is 21.0. The molecule has 1 unspecified atom stereocenters. The van der Waals surface area contributed by atoms with Gasteiger partial charge in [-0.2, -0.15) is 0 Å². The Morgan fingerprint density at radius 3 is 2.71 bits per heavy atom. The van der Waals surface area contributed by atoms with Crippen molar-refractivity contribution < 1.29 is 24.2 Å². The van der Waals surface area contributed by atoms with E-state index in [9.17, 15) is 9.59 Å². The van der Waals surface area contributed by atoms with Crippen LogP contribution >= 0.6 is 0 Å². The van der Waals surface area contributed by atoms with Crippen molar-refractivity contribution in [2.75, 3.05) is 20.1 Å². The Bertz CT molecular complexity index is 1040. The molecule has 2 N–H and O–H groups in total. The fourth-order valence-electron chi connectivity index (χ4n) is 3.77. The maximum absolute atomic E-state index is 11.3. The largest absolute Gasteiger partial charge is 0.473 e. The lowest BCUT2D eigenvalue weighted by molar-refractivity contribution is -0.164. The summed E-state index contributed by atoms with van der Waals surface area (Å²) in [6.07, 6.45) is 1.55. The topological polar surface area (TPSA) is 105 Å². The number of nitrogens with zero attached hydrogens (tertiary/aromatic N) is 2. The molecule has 0 amide bonds. The van der Waals surface area contributed by atoms with Gasteiger partial charge in [0.05, 0.1) is 17.1 Å². The fourth-order valence-corrected chi connectivity index (χ4v) is 3.77. The van der Waals surface area contributed by atoms with E-state index in [4.69, 9.17) is 19.6 Å². The van der Waals surface area contributed by atoms with Crippen LogP contribution in [0.25, 0.3) is 11.0 Å². The number of carbonyl (C=O) groups is 2. The van der Waals surface area contributed by atoms with E-state index in [2.05, 4.69) is 16.9 Å². The number of aliphatic carboxylic acids is 1. The second-order valence-corrected chi connectivity index (χ2v) is 7.78. The summed E-state index contributed by atoms with van der Waals surface area (Å²) in [5, 5.41) is 8.71. The van der Waals surface area contributed by atoms with Gasteiger partial charge in [-0.3, -0.25) is 0 Å². The molecule has 0 spiro atoms. The first-order valence-corrected chi connectivity index (χ1v) is 10.3. The van der Waals surface area contributed by atoms with E-state index in [1.54, 1.807) is 6.07 Å². The number of ether oxygens (including phenoxy) is 2. The van der Waals surface area contributed by atoms with Gasteiger partial charge in [-0.1, -0.05) is 30.3 Å². The normalized spacial score (nSPS) is 16.3. The Labute approximate surface area is 179 Å². The van der Waals surface area contributed by atoms with Gasteiger partial charge in [0, 0.05) is 13.1 Å². The quantitative estimate of drug-likeness (QED) is 0.464. The van der Waals surface area contributed by atoms with Gasteiger partial charge in [0.25, 0.3) is 0 Å². The number of imidazole rings is 1. The number of para-hydroxylation sites is 2. The standard InChI is InChI=1S/C23H25N3O5/c1-26-11-9-17(10-12-26)31-20(21-24-18-7-2-3-8-19(18)25-21)16-6-4-5-15(13-16)14-30-23(29)22(27)28/h2-8,13,17,20H,9-12,14H2,1H3,(H,24,25)(H,27,28). The fraction of sp³-hybridized carbons (Fsp3) is 0.348. The maximum Gasteiger partial charge on any atom is 0.417 e. The third kappa shape index (κ3) is 5.10. The molecule has 2 aromatic carbocycles. The third-order valence-electron chi connectivity index (χ3n) is 5.45. The number of rotatable bonds is 6. The van der Waals surface area contributed by atoms with E-state index < -0.39 is 18.0 Å². The molecule has 0 radical (unpaired) electrons. The van der Waals surface area contributed by atoms with Gasteiger partial charge in [-0.15, -0.1) is 0 Å². The average molecular weight is 423 g/mol. The van der Waals surface area contributed by atoms with Crippen molar-refractivity contribution in [2.45, 2.75) is 31.7 Å². The zero-order chi connectivity index (χ0) is 21.8. The molecule has 1 aromatic heterocycles. The van der Waals surface area contributed by atoms with Crippen LogP contribution in [-0.2, 0) is 25.7 Å². The van der Waals surface area contributed by atoms with Gasteiger partial charge in [-0.25, -0.2) is 14.6 Å². The second-order valence-electron chi connectivity index (χ2n) is 7.78. The first-order valence-electron chi connectivity index (χ1n) is 10.3. The number of likely N-dealkylation sites (tertiary alicyclic amines) is 1. The molecule has 2 heterocycles. The van der Waals surface area contributed by atoms with Crippen LogP contribution in [0.2, 0.25) is 0 Å². The summed E-state index contributed by atoms with van der Waals surface area (Å²) in [6, 6.07) is 15.2. The van der Waals surface area contributed by atoms with Gasteiger partial charge in [0.15, 0.2) is 0 Å². The number of aromatic nitrogens is 2. The van der Waals surface area contributed by atoms with Crippen LogP contribution in [0.5, 0.6) is 0 Å². The SMILES string of the molecule is CN1CCC(OC(c2cccc(COC(=O)C(=O)O)c2)c2nc3ccccc3[nH]2)CC1. The molecule has 1 aliphatic heterocycles. The number of carboxylic acid groups (broad SMARTS) is 1. The number of hydrogen-bond acceptors (Lipinski definition) is 6. The number of piperidine rings is 1. The Morgan fingerprint density at radius 1 is 1.19 bits per heavy atom. The van der Waals surface area contributed by atoms with E-state index in [-0.39, 0.29) is 12.7 Å². The van der Waals surface area contributed by atoms with E-state index in [1.807, 2.05) is 42.5 Å². The minimum absolute atomic E-state index is 0.0999. The van der Waals surface area contributed by atoms with Crippen molar-refractivity contribution >= 4 is 23.0 Å². The zero-order valence-electron chi connectivity index (χ0n) is 17.3. The van der Waals surface area contributed by atoms with Crippen molar-refractivity contribution in [3.63, 3.8) is 0 Å². The van der Waals surface area contributed by atoms with Gasteiger partial charge in [0.1, 0.15) is 18.5 Å². The first-order chi connectivity index (χ1) is 15.0. The number of nitrogens with one attached hydrogen (secondary N) is 1. The number of hydrogen-bond donors (Lipinski definition) is 2. The number of aromatic amines is 1. The van der Waals surface area contributed by atoms with Crippen LogP contribution in [0.15, 0.2) is 48.5 Å². The highest BCUT2D eigenvalue weighted by atomic mass is 16.6. The Morgan fingerprint density at radius 2 is 1.97 bits per heavy atom. The monoisotopic (exact) mass is 423 g/mol. The van der Waals surface area contributed by atoms with Crippen molar-refractivity contribution in [3.8, 4) is 0 Å². The molecule has 0 aliphatic carbocycles. The summed E-state index contributed by atoms with van der Waals surface area (Å²) in [6.45, 7) is 1.82. The van der Waals surface area contributed by atoms with Crippen LogP contribution < -0.4 is 0 Å². The van der Waals surface area contributed by atoms with Crippen LogP contribution in [0.4, 0.5) is 0 Å². The summed E-state index contributed by atoms with van der Waals surface area (Å²) < 4.78 is 11.4. The Hall–Kier alpha value is -3.23. The molecular weight excluding hydrogens is 398 g/mol. The molecule has 0 bridgehead atoms. The van der Waals surface area contributed by atoms with Crippen molar-refractivity contribution in [1.82, 2.24) is 14.9 Å². The number of carbonyl (C=O) groups excluding carboxylic acids is 1. The molecule has 1 atom stereocenters. The lowest BCUT2D eigenvalue weighted by atomic mass is 10.0. The van der Waals surface area contributed by atoms with E-state index in [0.29, 0.717) is 11.4 Å². The zero-order valence-corrected chi connectivity index (χ0v) is 17.3. The predicted molar refractivity (Wildman–Crippen MR) is 113 cm³/mol. The van der Waals surface area contributed by atoms with E-state index in [1.165, 1.54) is 0 Å². The van der Waals surface area contributed by atoms with Crippen LogP contribution in [0, 0.1) is 0 Å². The molecule has 1 aliphatic rings. The minimum Gasteiger partial charge on any atom is -0.473 e. The molecule has 8 heteroatoms. The van der Waals surface area contributed by atoms with Gasteiger partial charge >= 0.3 is 11.9 Å². The molecule has 31 heavy (non-hydrogen) atoms. The Balaban J connectivity index is 1.61. The average Bonchev–Trinajstić information content (AvgIpc) is 3.21. The van der Waals surface area contributed by atoms with Crippen molar-refractivity contribution in [1.29, 1.82) is 0 Å². The number of H-pyrrole nitrogens is 1. The highest BCUT2D eigenvalue weighted by Crippen LogP contribution is 2.30. The molecule has 3 aromatic rings. The van der Waals surface area contributed by atoms with Crippen LogP contribution in [0.1, 0.15) is 35.9 Å². The molecular formula is C23H25N3O5. The molecule has 1 fully saturated rings. The van der Waals surface area contributed by atoms with E-state index in [0.717, 1.165) is 42.5 Å². The van der Waals surface area contributed by atoms with Crippen LogP contribution in [-0.4, -0.2) is 58.2 Å². The molecule has 8 nitrogen and oxygen atoms in total. The molecule has 4 rings (SSSR count). The number of fused-ring (bicyclic) bond motifs is 1. The maximum atomic E-state index is 11.3. The summed E-state index contributed by atoms with van der Waals surface area (Å²) >= 11 is 0. The molecule has 0 saturated carbocycles. The number of carboxylic acids is 1. The number of benzene rings is 2. The lowest BCUT2D eigenvalue weighted by Crippen LogP contribution is -2.35. The molecule has 162 valence electrons. The minimum atomic E-state index is -1.61. The van der Waals surface area contributed by atoms with E-state index >= 15 is 0 Å². The third-order valence-corrected chi connectivity index (χ3v) is 5.45. The number of esters is 1. The summed E-state index contributed by atoms with van der Waals surface area (Å²) in [5.41, 5.74) is 3.34. The van der Waals surface area contributed by atoms with Crippen molar-refractivity contribution in [2.24, 2.45) is 0 Å². The highest BCUT2D eigenvalue weighted by molar-refractivity contribution is 6.28. The molecule has 1 saturated heterocycles. The lowest BCUT2D eigenvalue weighted by Gasteiger charge is -2.31. The highest BCUT2D eigenvalue weighted by Gasteiger charge is 2.26.